The zero-order valence-corrected chi connectivity index (χ0v) is 17.7. The van der Waals surface area contributed by atoms with E-state index in [9.17, 15) is 4.79 Å². The molecule has 7 nitrogen and oxygen atoms in total. The standard InChI is InChI=1S/C23H33N5O2/c29-23-27(19-7-5-18(6-8-19)26-13-11-24-12-14-26)15-16-28(23)20-9-10-22(25-17-20)30-21-3-1-2-4-21/h9-10,15-19,21,24H,1-8,11-14H2. The summed E-state index contributed by atoms with van der Waals surface area (Å²) in [7, 11) is 0. The molecule has 2 aliphatic carbocycles. The van der Waals surface area contributed by atoms with E-state index in [0.717, 1.165) is 57.5 Å². The number of aromatic nitrogens is 3. The van der Waals surface area contributed by atoms with Crippen LogP contribution in [0.2, 0.25) is 0 Å². The third kappa shape index (κ3) is 4.18. The van der Waals surface area contributed by atoms with Crippen LogP contribution in [0, 0.1) is 0 Å². The molecule has 30 heavy (non-hydrogen) atoms. The normalized spacial score (nSPS) is 26.1. The molecule has 162 valence electrons. The van der Waals surface area contributed by atoms with Gasteiger partial charge in [-0.05, 0) is 57.4 Å². The summed E-state index contributed by atoms with van der Waals surface area (Å²) in [6.45, 7) is 4.50. The van der Waals surface area contributed by atoms with Crippen LogP contribution in [0.4, 0.5) is 0 Å². The molecule has 0 atom stereocenters. The Morgan fingerprint density at radius 2 is 1.67 bits per heavy atom. The quantitative estimate of drug-likeness (QED) is 0.820. The number of nitrogens with zero attached hydrogens (tertiary/aromatic N) is 4. The van der Waals surface area contributed by atoms with Crippen LogP contribution in [-0.2, 0) is 0 Å². The summed E-state index contributed by atoms with van der Waals surface area (Å²) in [5.41, 5.74) is 0.832. The molecule has 0 bridgehead atoms. The highest BCUT2D eigenvalue weighted by Crippen LogP contribution is 2.30. The molecule has 2 aromatic rings. The third-order valence-electron chi connectivity index (χ3n) is 7.12. The molecule has 0 unspecified atom stereocenters. The van der Waals surface area contributed by atoms with Gasteiger partial charge >= 0.3 is 5.69 Å². The Labute approximate surface area is 178 Å². The van der Waals surface area contributed by atoms with Crippen molar-refractivity contribution in [3.05, 3.63) is 41.2 Å². The van der Waals surface area contributed by atoms with Gasteiger partial charge in [-0.3, -0.25) is 14.0 Å². The van der Waals surface area contributed by atoms with Gasteiger partial charge in [0.2, 0.25) is 5.88 Å². The molecule has 3 aliphatic rings. The maximum atomic E-state index is 13.1. The van der Waals surface area contributed by atoms with Gasteiger partial charge < -0.3 is 10.1 Å². The van der Waals surface area contributed by atoms with Crippen molar-refractivity contribution in [1.82, 2.24) is 24.3 Å². The first-order valence-corrected chi connectivity index (χ1v) is 11.7. The van der Waals surface area contributed by atoms with Crippen molar-refractivity contribution in [2.45, 2.75) is 69.6 Å². The fourth-order valence-electron chi connectivity index (χ4n) is 5.38. The highest BCUT2D eigenvalue weighted by Gasteiger charge is 2.28. The number of piperazine rings is 1. The van der Waals surface area contributed by atoms with Crippen LogP contribution in [-0.4, -0.2) is 57.3 Å². The lowest BCUT2D eigenvalue weighted by Gasteiger charge is -2.39. The number of ether oxygens (including phenoxy) is 1. The first-order chi connectivity index (χ1) is 14.8. The first kappa shape index (κ1) is 19.8. The van der Waals surface area contributed by atoms with Crippen molar-refractivity contribution < 1.29 is 4.74 Å². The Kier molecular flexibility index (Phi) is 5.91. The van der Waals surface area contributed by atoms with Crippen molar-refractivity contribution in [3.8, 4) is 11.6 Å². The molecule has 1 aliphatic heterocycles. The minimum atomic E-state index is 0.0342. The van der Waals surface area contributed by atoms with Crippen LogP contribution < -0.4 is 15.7 Å². The Hall–Kier alpha value is -2.12. The van der Waals surface area contributed by atoms with Crippen molar-refractivity contribution in [2.75, 3.05) is 26.2 Å². The maximum Gasteiger partial charge on any atom is 0.333 e. The van der Waals surface area contributed by atoms with Gasteiger partial charge in [0.15, 0.2) is 0 Å². The number of hydrogen-bond donors (Lipinski definition) is 1. The average Bonchev–Trinajstić information content (AvgIpc) is 3.45. The van der Waals surface area contributed by atoms with Crippen LogP contribution >= 0.6 is 0 Å². The molecule has 0 amide bonds. The maximum absolute atomic E-state index is 13.1. The molecule has 2 saturated carbocycles. The van der Waals surface area contributed by atoms with Crippen molar-refractivity contribution >= 4 is 0 Å². The van der Waals surface area contributed by atoms with Gasteiger partial charge in [-0.2, -0.15) is 0 Å². The van der Waals surface area contributed by atoms with Crippen molar-refractivity contribution in [1.29, 1.82) is 0 Å². The predicted molar refractivity (Wildman–Crippen MR) is 116 cm³/mol. The zero-order valence-electron chi connectivity index (χ0n) is 17.7. The molecule has 0 aromatic carbocycles. The van der Waals surface area contributed by atoms with Gasteiger partial charge in [-0.15, -0.1) is 0 Å². The van der Waals surface area contributed by atoms with Gasteiger partial charge in [-0.25, -0.2) is 9.78 Å². The SMILES string of the molecule is O=c1n(-c2ccc(OC3CCCC3)nc2)ccn1C1CCC(N2CCNCC2)CC1. The van der Waals surface area contributed by atoms with Gasteiger partial charge in [0.25, 0.3) is 0 Å². The van der Waals surface area contributed by atoms with E-state index < -0.39 is 0 Å². The number of nitrogens with one attached hydrogen (secondary N) is 1. The van der Waals surface area contributed by atoms with Gasteiger partial charge in [0.1, 0.15) is 6.10 Å². The lowest BCUT2D eigenvalue weighted by Crippen LogP contribution is -2.49. The van der Waals surface area contributed by atoms with Gasteiger partial charge in [0.05, 0.1) is 11.9 Å². The van der Waals surface area contributed by atoms with Crippen LogP contribution in [0.3, 0.4) is 0 Å². The molecule has 1 saturated heterocycles. The van der Waals surface area contributed by atoms with E-state index in [0.29, 0.717) is 24.1 Å². The second-order valence-corrected chi connectivity index (χ2v) is 8.99. The molecule has 0 radical (unpaired) electrons. The predicted octanol–water partition coefficient (Wildman–Crippen LogP) is 2.74. The molecule has 0 spiro atoms. The molecule has 3 heterocycles. The van der Waals surface area contributed by atoms with E-state index in [1.54, 1.807) is 10.8 Å². The van der Waals surface area contributed by atoms with E-state index in [4.69, 9.17) is 4.74 Å². The summed E-state index contributed by atoms with van der Waals surface area (Å²) in [5.74, 6) is 0.657. The van der Waals surface area contributed by atoms with Crippen LogP contribution in [0.25, 0.3) is 5.69 Å². The van der Waals surface area contributed by atoms with Crippen LogP contribution in [0.15, 0.2) is 35.5 Å². The highest BCUT2D eigenvalue weighted by molar-refractivity contribution is 5.31. The Balaban J connectivity index is 1.22. The van der Waals surface area contributed by atoms with E-state index in [2.05, 4.69) is 15.2 Å². The molecule has 3 fully saturated rings. The summed E-state index contributed by atoms with van der Waals surface area (Å²) < 4.78 is 9.58. The second-order valence-electron chi connectivity index (χ2n) is 8.99. The molecule has 2 aromatic heterocycles. The van der Waals surface area contributed by atoms with E-state index in [1.165, 1.54) is 25.7 Å². The Bertz CT molecular complexity index is 870. The van der Waals surface area contributed by atoms with Gasteiger partial charge in [-0.1, -0.05) is 0 Å². The Morgan fingerprint density at radius 1 is 0.933 bits per heavy atom. The average molecular weight is 412 g/mol. The second kappa shape index (κ2) is 8.94. The summed E-state index contributed by atoms with van der Waals surface area (Å²) >= 11 is 0. The van der Waals surface area contributed by atoms with Gasteiger partial charge in [0, 0.05) is 56.7 Å². The lowest BCUT2D eigenvalue weighted by atomic mass is 9.89. The monoisotopic (exact) mass is 411 g/mol. The summed E-state index contributed by atoms with van der Waals surface area (Å²) in [6, 6.07) is 4.80. The minimum Gasteiger partial charge on any atom is -0.474 e. The summed E-state index contributed by atoms with van der Waals surface area (Å²) in [5, 5.41) is 3.43. The molecular weight excluding hydrogens is 378 g/mol. The largest absolute Gasteiger partial charge is 0.474 e. The van der Waals surface area contributed by atoms with E-state index in [1.807, 2.05) is 29.1 Å². The van der Waals surface area contributed by atoms with E-state index >= 15 is 0 Å². The first-order valence-electron chi connectivity index (χ1n) is 11.7. The van der Waals surface area contributed by atoms with E-state index in [-0.39, 0.29) is 5.69 Å². The van der Waals surface area contributed by atoms with Crippen LogP contribution in [0.1, 0.15) is 57.4 Å². The molecule has 5 rings (SSSR count). The highest BCUT2D eigenvalue weighted by atomic mass is 16.5. The Morgan fingerprint density at radius 3 is 2.37 bits per heavy atom. The lowest BCUT2D eigenvalue weighted by molar-refractivity contribution is 0.122. The molecule has 7 heteroatoms. The molecule has 1 N–H and O–H groups in total. The van der Waals surface area contributed by atoms with Crippen LogP contribution in [0.5, 0.6) is 5.88 Å². The summed E-state index contributed by atoms with van der Waals surface area (Å²) in [4.78, 5) is 20.1. The third-order valence-corrected chi connectivity index (χ3v) is 7.12. The minimum absolute atomic E-state index is 0.0342. The van der Waals surface area contributed by atoms with Crippen molar-refractivity contribution in [2.24, 2.45) is 0 Å². The molecular formula is C23H33N5O2. The fraction of sp³-hybridized carbons (Fsp3) is 0.652. The zero-order chi connectivity index (χ0) is 20.3. The number of imidazole rings is 1. The topological polar surface area (TPSA) is 64.3 Å². The number of pyridine rings is 1. The fourth-order valence-corrected chi connectivity index (χ4v) is 5.38. The smallest absolute Gasteiger partial charge is 0.333 e. The summed E-state index contributed by atoms with van der Waals surface area (Å²) in [6.07, 6.45) is 15.1. The number of rotatable bonds is 5. The van der Waals surface area contributed by atoms with Crippen molar-refractivity contribution in [3.63, 3.8) is 0 Å². The number of hydrogen-bond acceptors (Lipinski definition) is 5.